The lowest BCUT2D eigenvalue weighted by Crippen LogP contribution is -2.08. The molecule has 2 N–H and O–H groups in total. The second kappa shape index (κ2) is 3.75. The molecule has 0 saturated heterocycles. The highest BCUT2D eigenvalue weighted by Gasteiger charge is 2.04. The number of hydrogen-bond donors (Lipinski definition) is 1. The Hall–Kier alpha value is -1.52. The van der Waals surface area contributed by atoms with E-state index in [1.54, 1.807) is 13.1 Å². The number of esters is 1. The highest BCUT2D eigenvalue weighted by Crippen LogP contribution is 1.97. The van der Waals surface area contributed by atoms with Crippen LogP contribution >= 0.6 is 0 Å². The van der Waals surface area contributed by atoms with Crippen molar-refractivity contribution in [3.8, 4) is 0 Å². The van der Waals surface area contributed by atoms with E-state index < -0.39 is 0 Å². The summed E-state index contributed by atoms with van der Waals surface area (Å²) in [5, 5.41) is 3.72. The monoisotopic (exact) mass is 169 g/mol. The number of carbonyl (C=O) groups excluding carboxylic acids is 1. The zero-order valence-electron chi connectivity index (χ0n) is 6.86. The zero-order valence-corrected chi connectivity index (χ0v) is 6.86. The van der Waals surface area contributed by atoms with E-state index in [1.807, 2.05) is 0 Å². The quantitative estimate of drug-likeness (QED) is 0.498. The van der Waals surface area contributed by atoms with Crippen LogP contribution in [0.25, 0.3) is 0 Å². The maximum absolute atomic E-state index is 10.9. The molecule has 1 heterocycles. The van der Waals surface area contributed by atoms with Crippen molar-refractivity contribution in [3.05, 3.63) is 18.0 Å². The molecule has 0 aromatic carbocycles. The first-order valence-corrected chi connectivity index (χ1v) is 3.66. The first-order valence-electron chi connectivity index (χ1n) is 3.66. The van der Waals surface area contributed by atoms with Gasteiger partial charge in [-0.1, -0.05) is 0 Å². The molecule has 0 radical (unpaired) electrons. The van der Waals surface area contributed by atoms with E-state index in [0.29, 0.717) is 6.61 Å². The van der Waals surface area contributed by atoms with Crippen molar-refractivity contribution in [3.63, 3.8) is 0 Å². The van der Waals surface area contributed by atoms with Crippen LogP contribution in [-0.2, 0) is 16.0 Å². The van der Waals surface area contributed by atoms with Crippen molar-refractivity contribution >= 4 is 5.97 Å². The van der Waals surface area contributed by atoms with Crippen molar-refractivity contribution in [2.45, 2.75) is 13.3 Å². The van der Waals surface area contributed by atoms with Gasteiger partial charge in [0.1, 0.15) is 0 Å². The molecule has 0 bridgehead atoms. The molecule has 0 aliphatic rings. The van der Waals surface area contributed by atoms with E-state index in [1.165, 1.54) is 6.20 Å². The van der Waals surface area contributed by atoms with E-state index in [0.717, 1.165) is 10.4 Å². The van der Waals surface area contributed by atoms with Gasteiger partial charge in [0.15, 0.2) is 0 Å². The molecule has 1 aromatic heterocycles. The minimum atomic E-state index is -0.259. The van der Waals surface area contributed by atoms with Crippen molar-refractivity contribution in [1.82, 2.24) is 9.89 Å². The summed E-state index contributed by atoms with van der Waals surface area (Å²) >= 11 is 0. The third kappa shape index (κ3) is 2.26. The summed E-state index contributed by atoms with van der Waals surface area (Å²) in [6, 6.07) is 0. The summed E-state index contributed by atoms with van der Waals surface area (Å²) in [5.41, 5.74) is 0.760. The van der Waals surface area contributed by atoms with Crippen LogP contribution in [0.15, 0.2) is 12.4 Å². The fraction of sp³-hybridized carbons (Fsp3) is 0.429. The highest BCUT2D eigenvalue weighted by molar-refractivity contribution is 5.72. The highest BCUT2D eigenvalue weighted by atomic mass is 16.5. The molecule has 0 unspecified atom stereocenters. The number of nitrogens with two attached hydrogens (primary N) is 1. The Morgan fingerprint density at radius 1 is 1.83 bits per heavy atom. The van der Waals surface area contributed by atoms with E-state index in [9.17, 15) is 4.79 Å². The van der Waals surface area contributed by atoms with E-state index >= 15 is 0 Å². The number of hydrogen-bond acceptors (Lipinski definition) is 4. The van der Waals surface area contributed by atoms with Gasteiger partial charge < -0.3 is 10.6 Å². The summed E-state index contributed by atoms with van der Waals surface area (Å²) in [4.78, 5) is 12.1. The van der Waals surface area contributed by atoms with E-state index in [-0.39, 0.29) is 12.4 Å². The predicted molar refractivity (Wildman–Crippen MR) is 42.7 cm³/mol. The van der Waals surface area contributed by atoms with Crippen molar-refractivity contribution < 1.29 is 9.53 Å². The lowest BCUT2D eigenvalue weighted by molar-refractivity contribution is -0.142. The number of aromatic nitrogens is 2. The average molecular weight is 169 g/mol. The molecule has 66 valence electrons. The molecule has 0 aliphatic carbocycles. The Bertz CT molecular complexity index is 269. The largest absolute Gasteiger partial charge is 0.466 e. The van der Waals surface area contributed by atoms with Crippen LogP contribution in [0.3, 0.4) is 0 Å². The van der Waals surface area contributed by atoms with Crippen molar-refractivity contribution in [2.24, 2.45) is 0 Å². The van der Waals surface area contributed by atoms with Crippen molar-refractivity contribution in [2.75, 3.05) is 12.4 Å². The second-order valence-corrected chi connectivity index (χ2v) is 2.31. The Balaban J connectivity index is 2.46. The Kier molecular flexibility index (Phi) is 2.68. The Morgan fingerprint density at radius 3 is 3.08 bits per heavy atom. The number of rotatable bonds is 3. The zero-order chi connectivity index (χ0) is 8.97. The minimum Gasteiger partial charge on any atom is -0.466 e. The Labute approximate surface area is 70.1 Å². The predicted octanol–water partition coefficient (Wildman–Crippen LogP) is -0.298. The fourth-order valence-corrected chi connectivity index (χ4v) is 0.847. The third-order valence-corrected chi connectivity index (χ3v) is 1.31. The third-order valence-electron chi connectivity index (χ3n) is 1.31. The molecule has 12 heavy (non-hydrogen) atoms. The molecule has 0 saturated carbocycles. The van der Waals surface area contributed by atoms with Crippen molar-refractivity contribution in [1.29, 1.82) is 0 Å². The van der Waals surface area contributed by atoms with Crippen LogP contribution in [0, 0.1) is 0 Å². The van der Waals surface area contributed by atoms with Gasteiger partial charge in [0.25, 0.3) is 0 Å². The van der Waals surface area contributed by atoms with E-state index in [2.05, 4.69) is 5.10 Å². The molecule has 5 heteroatoms. The maximum Gasteiger partial charge on any atom is 0.310 e. The summed E-state index contributed by atoms with van der Waals surface area (Å²) in [6.45, 7) is 2.17. The van der Waals surface area contributed by atoms with Gasteiger partial charge in [-0.05, 0) is 6.92 Å². The number of carbonyl (C=O) groups is 1. The molecule has 0 fully saturated rings. The van der Waals surface area contributed by atoms with Crippen LogP contribution in [0.2, 0.25) is 0 Å². The van der Waals surface area contributed by atoms with Gasteiger partial charge in [-0.2, -0.15) is 9.89 Å². The molecule has 5 nitrogen and oxygen atoms in total. The lowest BCUT2D eigenvalue weighted by Gasteiger charge is -1.97. The van der Waals surface area contributed by atoms with Gasteiger partial charge in [-0.25, -0.2) is 0 Å². The smallest absolute Gasteiger partial charge is 0.310 e. The normalized spacial score (nSPS) is 9.75. The fourth-order valence-electron chi connectivity index (χ4n) is 0.847. The average Bonchev–Trinajstić information content (AvgIpc) is 2.36. The molecule has 0 atom stereocenters. The Morgan fingerprint density at radius 2 is 2.58 bits per heavy atom. The molecule has 0 spiro atoms. The maximum atomic E-state index is 10.9. The van der Waals surface area contributed by atoms with Gasteiger partial charge in [0, 0.05) is 5.56 Å². The molecule has 1 aromatic rings. The van der Waals surface area contributed by atoms with Gasteiger partial charge in [0.05, 0.1) is 25.4 Å². The van der Waals surface area contributed by atoms with Gasteiger partial charge >= 0.3 is 5.97 Å². The first kappa shape index (κ1) is 8.58. The van der Waals surface area contributed by atoms with Gasteiger partial charge in [-0.15, -0.1) is 0 Å². The van der Waals surface area contributed by atoms with Crippen LogP contribution < -0.4 is 5.84 Å². The summed E-state index contributed by atoms with van der Waals surface area (Å²) in [7, 11) is 0. The van der Waals surface area contributed by atoms with Crippen LogP contribution in [-0.4, -0.2) is 22.5 Å². The second-order valence-electron chi connectivity index (χ2n) is 2.31. The van der Waals surface area contributed by atoms with Crippen LogP contribution in [0.1, 0.15) is 12.5 Å². The molecular formula is C7H11N3O2. The van der Waals surface area contributed by atoms with E-state index in [4.69, 9.17) is 10.6 Å². The van der Waals surface area contributed by atoms with Gasteiger partial charge in [0.2, 0.25) is 0 Å². The number of nitrogen functional groups attached to an aromatic ring is 1. The summed E-state index contributed by atoms with van der Waals surface area (Å²) in [6.07, 6.45) is 3.35. The standard InChI is InChI=1S/C7H11N3O2/c1-2-12-7(11)3-6-4-9-10(8)5-6/h4-5H,2-3,8H2,1H3. The summed E-state index contributed by atoms with van der Waals surface area (Å²) < 4.78 is 4.74. The molecule has 1 rings (SSSR count). The van der Waals surface area contributed by atoms with Crippen LogP contribution in [0.4, 0.5) is 0 Å². The molecule has 0 amide bonds. The first-order chi connectivity index (χ1) is 5.72. The van der Waals surface area contributed by atoms with Crippen LogP contribution in [0.5, 0.6) is 0 Å². The van der Waals surface area contributed by atoms with Gasteiger partial charge in [-0.3, -0.25) is 4.79 Å². The minimum absolute atomic E-state index is 0.227. The SMILES string of the molecule is CCOC(=O)Cc1cnn(N)c1. The summed E-state index contributed by atoms with van der Waals surface area (Å²) in [5.74, 6) is 5.02. The topological polar surface area (TPSA) is 70.1 Å². The number of nitrogens with zero attached hydrogens (tertiary/aromatic N) is 2. The molecule has 0 aliphatic heterocycles. The lowest BCUT2D eigenvalue weighted by atomic mass is 10.3. The number of ether oxygens (including phenoxy) is 1. The molecular weight excluding hydrogens is 158 g/mol.